The highest BCUT2D eigenvalue weighted by Crippen LogP contribution is 2.44. The normalized spacial score (nSPS) is 13.0. The summed E-state index contributed by atoms with van der Waals surface area (Å²) in [4.78, 5) is 39.5. The molecule has 2 aromatic carbocycles. The van der Waals surface area contributed by atoms with Crippen LogP contribution in [0.4, 0.5) is 9.93 Å². The van der Waals surface area contributed by atoms with Gasteiger partial charge in [-0.3, -0.25) is 14.9 Å². The van der Waals surface area contributed by atoms with Gasteiger partial charge in [-0.05, 0) is 29.2 Å². The number of ether oxygens (including phenoxy) is 1. The molecular weight excluding hydrogens is 430 g/mol. The van der Waals surface area contributed by atoms with Crippen molar-refractivity contribution >= 4 is 34.4 Å². The number of fused-ring (bicyclic) bond motifs is 3. The standard InChI is InChI=1S/C23H21N3O5S/c1-13(10-20(27)28)25-21(29)19-11-24-22(32-19)26-23(30)31-12-18-16-8-4-2-6-14(16)15-7-3-5-9-17(15)18/h2-9,11,13,18H,10,12H2,1H3,(H,25,29)(H,27,28)(H,24,26,30)/t13-/m0/s1. The van der Waals surface area contributed by atoms with E-state index in [9.17, 15) is 14.4 Å². The molecule has 3 aromatic rings. The van der Waals surface area contributed by atoms with Crippen molar-refractivity contribution in [2.24, 2.45) is 0 Å². The number of anilines is 1. The van der Waals surface area contributed by atoms with Crippen molar-refractivity contribution in [1.29, 1.82) is 0 Å². The van der Waals surface area contributed by atoms with Crippen LogP contribution in [0.5, 0.6) is 0 Å². The van der Waals surface area contributed by atoms with E-state index >= 15 is 0 Å². The monoisotopic (exact) mass is 451 g/mol. The molecule has 8 nitrogen and oxygen atoms in total. The van der Waals surface area contributed by atoms with Gasteiger partial charge in [-0.15, -0.1) is 0 Å². The van der Waals surface area contributed by atoms with Gasteiger partial charge >= 0.3 is 12.1 Å². The lowest BCUT2D eigenvalue weighted by Gasteiger charge is -2.14. The van der Waals surface area contributed by atoms with E-state index in [1.807, 2.05) is 36.4 Å². The number of aliphatic carboxylic acids is 1. The van der Waals surface area contributed by atoms with Gasteiger partial charge in [0.2, 0.25) is 0 Å². The molecule has 0 spiro atoms. The Morgan fingerprint density at radius 3 is 2.34 bits per heavy atom. The van der Waals surface area contributed by atoms with Crippen LogP contribution in [-0.2, 0) is 9.53 Å². The highest BCUT2D eigenvalue weighted by atomic mass is 32.1. The summed E-state index contributed by atoms with van der Waals surface area (Å²) in [5, 5.41) is 14.1. The first-order valence-electron chi connectivity index (χ1n) is 10.0. The van der Waals surface area contributed by atoms with Crippen molar-refractivity contribution in [2.45, 2.75) is 25.3 Å². The number of carboxylic acids is 1. The van der Waals surface area contributed by atoms with Crippen LogP contribution in [0.2, 0.25) is 0 Å². The van der Waals surface area contributed by atoms with Crippen molar-refractivity contribution in [3.05, 3.63) is 70.7 Å². The van der Waals surface area contributed by atoms with Crippen LogP contribution in [0.25, 0.3) is 11.1 Å². The third kappa shape index (κ3) is 4.62. The van der Waals surface area contributed by atoms with Gasteiger partial charge in [0, 0.05) is 12.0 Å². The molecule has 1 aliphatic rings. The number of aromatic nitrogens is 1. The first-order chi connectivity index (χ1) is 15.4. The second-order valence-electron chi connectivity index (χ2n) is 7.45. The molecule has 1 heterocycles. The summed E-state index contributed by atoms with van der Waals surface area (Å²) in [5.41, 5.74) is 4.52. The molecule has 0 radical (unpaired) electrons. The third-order valence-electron chi connectivity index (χ3n) is 5.14. The van der Waals surface area contributed by atoms with E-state index in [0.717, 1.165) is 33.6 Å². The highest BCUT2D eigenvalue weighted by Gasteiger charge is 2.29. The molecule has 4 rings (SSSR count). The van der Waals surface area contributed by atoms with E-state index in [1.54, 1.807) is 6.92 Å². The van der Waals surface area contributed by atoms with Gasteiger partial charge in [0.1, 0.15) is 11.5 Å². The molecule has 3 N–H and O–H groups in total. The van der Waals surface area contributed by atoms with Crippen LogP contribution in [0.1, 0.15) is 40.1 Å². The number of hydrogen-bond donors (Lipinski definition) is 3. The van der Waals surface area contributed by atoms with Gasteiger partial charge < -0.3 is 15.2 Å². The zero-order valence-electron chi connectivity index (χ0n) is 17.2. The molecule has 164 valence electrons. The second-order valence-corrected chi connectivity index (χ2v) is 8.48. The fraction of sp³-hybridized carbons (Fsp3) is 0.217. The summed E-state index contributed by atoms with van der Waals surface area (Å²) in [6, 6.07) is 15.6. The lowest BCUT2D eigenvalue weighted by Crippen LogP contribution is -2.33. The van der Waals surface area contributed by atoms with Crippen LogP contribution < -0.4 is 10.6 Å². The molecule has 1 aromatic heterocycles. The average molecular weight is 452 g/mol. The van der Waals surface area contributed by atoms with Crippen LogP contribution in [0.3, 0.4) is 0 Å². The fourth-order valence-electron chi connectivity index (χ4n) is 3.77. The number of benzene rings is 2. The Morgan fingerprint density at radius 2 is 1.72 bits per heavy atom. The summed E-state index contributed by atoms with van der Waals surface area (Å²) >= 11 is 0.983. The van der Waals surface area contributed by atoms with E-state index in [4.69, 9.17) is 9.84 Å². The van der Waals surface area contributed by atoms with E-state index < -0.39 is 24.0 Å². The number of nitrogens with one attached hydrogen (secondary N) is 2. The summed E-state index contributed by atoms with van der Waals surface area (Å²) in [5.74, 6) is -1.50. The number of nitrogens with zero attached hydrogens (tertiary/aromatic N) is 1. The summed E-state index contributed by atoms with van der Waals surface area (Å²) in [7, 11) is 0. The van der Waals surface area contributed by atoms with Crippen molar-refractivity contribution in [3.8, 4) is 11.1 Å². The molecule has 0 saturated heterocycles. The first kappa shape index (κ1) is 21.5. The number of amides is 2. The molecule has 32 heavy (non-hydrogen) atoms. The molecule has 0 unspecified atom stereocenters. The Bertz CT molecular complexity index is 1130. The minimum atomic E-state index is -1.00. The summed E-state index contributed by atoms with van der Waals surface area (Å²) < 4.78 is 5.47. The molecule has 0 aliphatic heterocycles. The van der Waals surface area contributed by atoms with Gasteiger partial charge in [0.15, 0.2) is 5.13 Å². The van der Waals surface area contributed by atoms with E-state index in [2.05, 4.69) is 27.8 Å². The second kappa shape index (κ2) is 9.19. The van der Waals surface area contributed by atoms with Crippen LogP contribution >= 0.6 is 11.3 Å². The van der Waals surface area contributed by atoms with Crippen molar-refractivity contribution in [1.82, 2.24) is 10.3 Å². The predicted molar refractivity (Wildman–Crippen MR) is 120 cm³/mol. The topological polar surface area (TPSA) is 118 Å². The molecule has 0 saturated carbocycles. The van der Waals surface area contributed by atoms with Gasteiger partial charge in [0.05, 0.1) is 12.6 Å². The number of carbonyl (C=O) groups excluding carboxylic acids is 2. The van der Waals surface area contributed by atoms with Crippen LogP contribution in [0.15, 0.2) is 54.7 Å². The third-order valence-corrected chi connectivity index (χ3v) is 6.05. The predicted octanol–water partition coefficient (Wildman–Crippen LogP) is 4.10. The first-order valence-corrected chi connectivity index (χ1v) is 10.8. The number of carbonyl (C=O) groups is 3. The minimum Gasteiger partial charge on any atom is -0.481 e. The van der Waals surface area contributed by atoms with E-state index in [0.29, 0.717) is 0 Å². The molecule has 1 atom stereocenters. The van der Waals surface area contributed by atoms with E-state index in [-0.39, 0.29) is 29.0 Å². The number of thiazole rings is 1. The van der Waals surface area contributed by atoms with Crippen molar-refractivity contribution in [3.63, 3.8) is 0 Å². The van der Waals surface area contributed by atoms with Crippen molar-refractivity contribution in [2.75, 3.05) is 11.9 Å². The molecule has 0 bridgehead atoms. The Kier molecular flexibility index (Phi) is 6.18. The highest BCUT2D eigenvalue weighted by molar-refractivity contribution is 7.17. The lowest BCUT2D eigenvalue weighted by molar-refractivity contribution is -0.137. The average Bonchev–Trinajstić information content (AvgIpc) is 3.34. The largest absolute Gasteiger partial charge is 0.481 e. The number of rotatable bonds is 7. The van der Waals surface area contributed by atoms with Gasteiger partial charge in [0.25, 0.3) is 5.91 Å². The molecular formula is C23H21N3O5S. The van der Waals surface area contributed by atoms with Gasteiger partial charge in [-0.25, -0.2) is 9.78 Å². The SMILES string of the molecule is C[C@@H](CC(=O)O)NC(=O)c1cnc(NC(=O)OCC2c3ccccc3-c3ccccc32)s1. The Hall–Kier alpha value is -3.72. The quantitative estimate of drug-likeness (QED) is 0.498. The zero-order valence-corrected chi connectivity index (χ0v) is 18.0. The van der Waals surface area contributed by atoms with Crippen LogP contribution in [0, 0.1) is 0 Å². The smallest absolute Gasteiger partial charge is 0.413 e. The summed E-state index contributed by atoms with van der Waals surface area (Å²) in [6.45, 7) is 1.77. The zero-order chi connectivity index (χ0) is 22.7. The van der Waals surface area contributed by atoms with Gasteiger partial charge in [-0.1, -0.05) is 59.9 Å². The molecule has 1 aliphatic carbocycles. The summed E-state index contributed by atoms with van der Waals surface area (Å²) in [6.07, 6.45) is 0.481. The molecule has 9 heteroatoms. The van der Waals surface area contributed by atoms with E-state index in [1.165, 1.54) is 6.20 Å². The lowest BCUT2D eigenvalue weighted by atomic mass is 9.98. The maximum Gasteiger partial charge on any atom is 0.413 e. The van der Waals surface area contributed by atoms with Crippen molar-refractivity contribution < 1.29 is 24.2 Å². The maximum atomic E-state index is 12.3. The maximum absolute atomic E-state index is 12.3. The molecule has 0 fully saturated rings. The Balaban J connectivity index is 1.35. The number of hydrogen-bond acceptors (Lipinski definition) is 6. The Morgan fingerprint density at radius 1 is 1.09 bits per heavy atom. The Labute approximate surface area is 188 Å². The minimum absolute atomic E-state index is 0.0542. The molecule has 2 amide bonds. The fourth-order valence-corrected chi connectivity index (χ4v) is 4.47. The number of carboxylic acid groups (broad SMARTS) is 1. The van der Waals surface area contributed by atoms with Gasteiger partial charge in [-0.2, -0.15) is 0 Å². The van der Waals surface area contributed by atoms with Crippen LogP contribution in [-0.4, -0.2) is 40.7 Å².